The van der Waals surface area contributed by atoms with Gasteiger partial charge in [0.15, 0.2) is 5.78 Å². The fourth-order valence-electron chi connectivity index (χ4n) is 3.21. The van der Waals surface area contributed by atoms with Crippen molar-refractivity contribution in [2.24, 2.45) is 5.92 Å². The van der Waals surface area contributed by atoms with Crippen LogP contribution in [0.1, 0.15) is 39.1 Å². The Balaban J connectivity index is 1.88. The van der Waals surface area contributed by atoms with E-state index in [2.05, 4.69) is 0 Å². The van der Waals surface area contributed by atoms with Crippen LogP contribution in [-0.2, 0) is 0 Å². The molecule has 0 unspecified atom stereocenters. The smallest absolute Gasteiger partial charge is 0.338 e. The molecule has 2 aromatic carbocycles. The fourth-order valence-corrected chi connectivity index (χ4v) is 3.21. The van der Waals surface area contributed by atoms with Gasteiger partial charge in [0.2, 0.25) is 0 Å². The van der Waals surface area contributed by atoms with Crippen LogP contribution in [0.3, 0.4) is 0 Å². The lowest BCUT2D eigenvalue weighted by molar-refractivity contribution is -0.184. The number of halogens is 3. The lowest BCUT2D eigenvalue weighted by atomic mass is 9.94. The first-order valence-electron chi connectivity index (χ1n) is 8.42. The van der Waals surface area contributed by atoms with E-state index in [1.165, 1.54) is 17.0 Å². The summed E-state index contributed by atoms with van der Waals surface area (Å²) in [6.07, 6.45) is -4.00. The summed E-state index contributed by atoms with van der Waals surface area (Å²) < 4.78 is 39.1. The van der Waals surface area contributed by atoms with E-state index >= 15 is 0 Å². The average molecular weight is 361 g/mol. The number of piperidine rings is 1. The summed E-state index contributed by atoms with van der Waals surface area (Å²) >= 11 is 0. The van der Waals surface area contributed by atoms with Gasteiger partial charge >= 0.3 is 6.18 Å². The van der Waals surface area contributed by atoms with E-state index in [0.717, 1.165) is 0 Å². The molecule has 1 heterocycles. The number of benzene rings is 2. The number of likely N-dealkylation sites (tertiary alicyclic amines) is 1. The van der Waals surface area contributed by atoms with Gasteiger partial charge in [-0.25, -0.2) is 0 Å². The van der Waals surface area contributed by atoms with Crippen LogP contribution in [0.2, 0.25) is 0 Å². The van der Waals surface area contributed by atoms with Crippen LogP contribution in [0, 0.1) is 5.92 Å². The minimum atomic E-state index is -4.32. The Bertz CT molecular complexity index is 802. The fraction of sp³-hybridized carbons (Fsp3) is 0.300. The molecule has 1 aliphatic rings. The van der Waals surface area contributed by atoms with E-state index < -0.39 is 18.0 Å². The Morgan fingerprint density at radius 3 is 2.19 bits per heavy atom. The monoisotopic (exact) mass is 361 g/mol. The van der Waals surface area contributed by atoms with Crippen molar-refractivity contribution in [2.75, 3.05) is 13.1 Å². The number of hydrogen-bond donors (Lipinski definition) is 0. The number of nitrogens with zero attached hydrogens (tertiary/aromatic N) is 1. The van der Waals surface area contributed by atoms with Crippen LogP contribution < -0.4 is 0 Å². The zero-order valence-corrected chi connectivity index (χ0v) is 14.0. The zero-order valence-electron chi connectivity index (χ0n) is 14.0. The lowest BCUT2D eigenvalue weighted by Crippen LogP contribution is -2.44. The van der Waals surface area contributed by atoms with E-state index in [-0.39, 0.29) is 36.4 Å². The topological polar surface area (TPSA) is 37.4 Å². The molecule has 1 atom stereocenters. The molecular formula is C20H18F3NO2. The molecule has 0 saturated carbocycles. The molecule has 3 nitrogen and oxygen atoms in total. The third-order valence-electron chi connectivity index (χ3n) is 4.61. The van der Waals surface area contributed by atoms with Gasteiger partial charge in [-0.3, -0.25) is 9.59 Å². The van der Waals surface area contributed by atoms with E-state index in [1.807, 2.05) is 0 Å². The van der Waals surface area contributed by atoms with Crippen molar-refractivity contribution in [2.45, 2.75) is 19.0 Å². The summed E-state index contributed by atoms with van der Waals surface area (Å²) in [6, 6.07) is 14.8. The van der Waals surface area contributed by atoms with Crippen LogP contribution in [-0.4, -0.2) is 35.9 Å². The Morgan fingerprint density at radius 1 is 0.923 bits per heavy atom. The molecule has 2 aromatic rings. The summed E-state index contributed by atoms with van der Waals surface area (Å²) in [5.41, 5.74) is 0.779. The van der Waals surface area contributed by atoms with Crippen molar-refractivity contribution in [3.05, 3.63) is 71.3 Å². The molecule has 26 heavy (non-hydrogen) atoms. The van der Waals surface area contributed by atoms with Gasteiger partial charge in [-0.05, 0) is 18.9 Å². The summed E-state index contributed by atoms with van der Waals surface area (Å²) in [4.78, 5) is 26.8. The highest BCUT2D eigenvalue weighted by Gasteiger charge is 2.43. The first-order valence-corrected chi connectivity index (χ1v) is 8.42. The standard InChI is InChI=1S/C20H18F3NO2/c21-20(22,23)15-9-6-12-24(13-15)19(26)17-11-5-4-10-16(17)18(25)14-7-2-1-3-8-14/h1-5,7-8,10-11,15H,6,9,12-13H2/t15-/m0/s1. The summed E-state index contributed by atoms with van der Waals surface area (Å²) in [7, 11) is 0. The molecule has 136 valence electrons. The van der Waals surface area contributed by atoms with Crippen LogP contribution >= 0.6 is 0 Å². The minimum absolute atomic E-state index is 0.0257. The largest absolute Gasteiger partial charge is 0.393 e. The molecule has 1 amide bonds. The second kappa shape index (κ2) is 7.32. The van der Waals surface area contributed by atoms with Gasteiger partial charge in [-0.2, -0.15) is 13.2 Å². The third kappa shape index (κ3) is 3.79. The summed E-state index contributed by atoms with van der Waals surface area (Å²) in [6.45, 7) is -0.102. The zero-order chi connectivity index (χ0) is 18.7. The summed E-state index contributed by atoms with van der Waals surface area (Å²) in [5, 5.41) is 0. The molecule has 1 aliphatic heterocycles. The van der Waals surface area contributed by atoms with E-state index in [0.29, 0.717) is 12.0 Å². The molecule has 1 fully saturated rings. The van der Waals surface area contributed by atoms with Crippen molar-refractivity contribution in [1.82, 2.24) is 4.90 Å². The van der Waals surface area contributed by atoms with Crippen molar-refractivity contribution in [3.63, 3.8) is 0 Å². The maximum Gasteiger partial charge on any atom is 0.393 e. The highest BCUT2D eigenvalue weighted by Crippen LogP contribution is 2.33. The number of alkyl halides is 3. The Morgan fingerprint density at radius 2 is 1.54 bits per heavy atom. The van der Waals surface area contributed by atoms with Gasteiger partial charge in [0.1, 0.15) is 0 Å². The quantitative estimate of drug-likeness (QED) is 0.763. The highest BCUT2D eigenvalue weighted by molar-refractivity contribution is 6.15. The van der Waals surface area contributed by atoms with Gasteiger partial charge in [0.05, 0.1) is 11.5 Å². The number of hydrogen-bond acceptors (Lipinski definition) is 2. The minimum Gasteiger partial charge on any atom is -0.338 e. The van der Waals surface area contributed by atoms with Gasteiger partial charge in [0, 0.05) is 24.2 Å². The Kier molecular flexibility index (Phi) is 5.11. The molecular weight excluding hydrogens is 343 g/mol. The van der Waals surface area contributed by atoms with Gasteiger partial charge in [-0.15, -0.1) is 0 Å². The van der Waals surface area contributed by atoms with E-state index in [4.69, 9.17) is 0 Å². The average Bonchev–Trinajstić information content (AvgIpc) is 2.67. The maximum absolute atomic E-state index is 13.0. The number of carbonyl (C=O) groups excluding carboxylic acids is 2. The first kappa shape index (κ1) is 18.2. The number of ketones is 1. The molecule has 0 aliphatic carbocycles. The van der Waals surface area contributed by atoms with Crippen LogP contribution in [0.5, 0.6) is 0 Å². The summed E-state index contributed by atoms with van der Waals surface area (Å²) in [5.74, 6) is -2.37. The number of amides is 1. The molecule has 0 N–H and O–H groups in total. The van der Waals surface area contributed by atoms with Crippen molar-refractivity contribution < 1.29 is 22.8 Å². The highest BCUT2D eigenvalue weighted by atomic mass is 19.4. The van der Waals surface area contributed by atoms with Crippen molar-refractivity contribution in [3.8, 4) is 0 Å². The molecule has 0 bridgehead atoms. The van der Waals surface area contributed by atoms with Gasteiger partial charge in [-0.1, -0.05) is 48.5 Å². The van der Waals surface area contributed by atoms with Crippen LogP contribution in [0.25, 0.3) is 0 Å². The van der Waals surface area contributed by atoms with Crippen LogP contribution in [0.15, 0.2) is 54.6 Å². The molecule has 6 heteroatoms. The predicted octanol–water partition coefficient (Wildman–Crippen LogP) is 4.33. The Labute approximate surface area is 149 Å². The van der Waals surface area contributed by atoms with Gasteiger partial charge < -0.3 is 4.90 Å². The molecule has 0 radical (unpaired) electrons. The number of rotatable bonds is 3. The molecule has 3 rings (SSSR count). The lowest BCUT2D eigenvalue weighted by Gasteiger charge is -2.34. The second-order valence-corrected chi connectivity index (χ2v) is 6.37. The normalized spacial score (nSPS) is 17.8. The van der Waals surface area contributed by atoms with Crippen molar-refractivity contribution >= 4 is 11.7 Å². The third-order valence-corrected chi connectivity index (χ3v) is 4.61. The SMILES string of the molecule is O=C(c1ccccc1)c1ccccc1C(=O)N1CCC[C@H](C(F)(F)F)C1. The second-order valence-electron chi connectivity index (χ2n) is 6.37. The van der Waals surface area contributed by atoms with Crippen LogP contribution in [0.4, 0.5) is 13.2 Å². The molecule has 0 spiro atoms. The van der Waals surface area contributed by atoms with E-state index in [1.54, 1.807) is 42.5 Å². The molecule has 0 aromatic heterocycles. The Hall–Kier alpha value is -2.63. The van der Waals surface area contributed by atoms with Gasteiger partial charge in [0.25, 0.3) is 5.91 Å². The first-order chi connectivity index (χ1) is 12.4. The molecule has 1 saturated heterocycles. The van der Waals surface area contributed by atoms with E-state index in [9.17, 15) is 22.8 Å². The predicted molar refractivity (Wildman–Crippen MR) is 91.0 cm³/mol. The number of carbonyl (C=O) groups is 2. The maximum atomic E-state index is 13.0. The van der Waals surface area contributed by atoms with Crippen molar-refractivity contribution in [1.29, 1.82) is 0 Å².